The Morgan fingerprint density at radius 2 is 2.05 bits per heavy atom. The lowest BCUT2D eigenvalue weighted by molar-refractivity contribution is -0.137. The van der Waals surface area contributed by atoms with E-state index in [0.717, 1.165) is 6.07 Å². The molecule has 0 aliphatic heterocycles. The number of nitrogens with zero attached hydrogens (tertiary/aromatic N) is 3. The Balaban J connectivity index is 2.49. The van der Waals surface area contributed by atoms with Crippen LogP contribution in [0.1, 0.15) is 5.56 Å². The normalized spacial score (nSPS) is 11.8. The molecule has 0 bridgehead atoms. The first kappa shape index (κ1) is 14.0. The van der Waals surface area contributed by atoms with Gasteiger partial charge < -0.3 is 5.73 Å². The molecule has 4 nitrogen and oxygen atoms in total. The van der Waals surface area contributed by atoms with Gasteiger partial charge in [-0.15, -0.1) is 11.8 Å². The lowest BCUT2D eigenvalue weighted by Gasteiger charge is -2.09. The fourth-order valence-corrected chi connectivity index (χ4v) is 2.03. The average molecular weight is 309 g/mol. The fraction of sp³-hybridized carbons (Fsp3) is 0.200. The van der Waals surface area contributed by atoms with Gasteiger partial charge in [-0.3, -0.25) is 0 Å². The SMILES string of the molecule is CSc1cc(N)n(-c2ncc(C(F)(F)F)cc2Cl)n1. The Kier molecular flexibility index (Phi) is 3.64. The van der Waals surface area contributed by atoms with Crippen molar-refractivity contribution in [1.29, 1.82) is 0 Å². The van der Waals surface area contributed by atoms with Crippen molar-refractivity contribution in [2.75, 3.05) is 12.0 Å². The van der Waals surface area contributed by atoms with Gasteiger partial charge in [0.2, 0.25) is 0 Å². The third-order valence-corrected chi connectivity index (χ3v) is 3.17. The lowest BCUT2D eigenvalue weighted by Crippen LogP contribution is -2.09. The summed E-state index contributed by atoms with van der Waals surface area (Å²) in [5.74, 6) is 0.311. The van der Waals surface area contributed by atoms with Gasteiger partial charge in [-0.05, 0) is 12.3 Å². The van der Waals surface area contributed by atoms with Crippen LogP contribution in [0, 0.1) is 0 Å². The summed E-state index contributed by atoms with van der Waals surface area (Å²) >= 11 is 7.16. The molecule has 0 saturated carbocycles. The van der Waals surface area contributed by atoms with Crippen LogP contribution in [-0.2, 0) is 6.18 Å². The van der Waals surface area contributed by atoms with Gasteiger partial charge in [-0.2, -0.15) is 23.0 Å². The van der Waals surface area contributed by atoms with Gasteiger partial charge in [-0.25, -0.2) is 4.98 Å². The van der Waals surface area contributed by atoms with Crippen LogP contribution in [0.3, 0.4) is 0 Å². The quantitative estimate of drug-likeness (QED) is 0.865. The molecule has 0 aliphatic rings. The minimum atomic E-state index is -4.49. The number of nitrogens with two attached hydrogens (primary N) is 1. The summed E-state index contributed by atoms with van der Waals surface area (Å²) in [5.41, 5.74) is 4.79. The van der Waals surface area contributed by atoms with Crippen molar-refractivity contribution in [2.45, 2.75) is 11.2 Å². The summed E-state index contributed by atoms with van der Waals surface area (Å²) in [4.78, 5) is 3.68. The van der Waals surface area contributed by atoms with Crippen molar-refractivity contribution >= 4 is 29.2 Å². The summed E-state index contributed by atoms with van der Waals surface area (Å²) in [5, 5.41) is 4.53. The van der Waals surface area contributed by atoms with Crippen LogP contribution in [0.25, 0.3) is 5.82 Å². The number of alkyl halides is 3. The van der Waals surface area contributed by atoms with Crippen molar-refractivity contribution in [3.05, 3.63) is 28.9 Å². The van der Waals surface area contributed by atoms with Crippen molar-refractivity contribution in [1.82, 2.24) is 14.8 Å². The predicted molar refractivity (Wildman–Crippen MR) is 67.6 cm³/mol. The van der Waals surface area contributed by atoms with Crippen LogP contribution < -0.4 is 5.73 Å². The molecule has 9 heteroatoms. The largest absolute Gasteiger partial charge is 0.417 e. The maximum atomic E-state index is 12.5. The zero-order valence-corrected chi connectivity index (χ0v) is 11.1. The fourth-order valence-electron chi connectivity index (χ4n) is 1.38. The molecule has 2 heterocycles. The van der Waals surface area contributed by atoms with E-state index in [1.54, 1.807) is 12.3 Å². The molecular formula is C10H8ClF3N4S. The predicted octanol–water partition coefficient (Wildman–Crippen LogP) is 3.24. The monoisotopic (exact) mass is 308 g/mol. The van der Waals surface area contributed by atoms with E-state index in [4.69, 9.17) is 17.3 Å². The molecule has 0 aliphatic carbocycles. The molecule has 0 spiro atoms. The highest BCUT2D eigenvalue weighted by atomic mass is 35.5. The van der Waals surface area contributed by atoms with E-state index in [2.05, 4.69) is 10.1 Å². The number of anilines is 1. The van der Waals surface area contributed by atoms with Crippen LogP contribution in [0.4, 0.5) is 19.0 Å². The highest BCUT2D eigenvalue weighted by Crippen LogP contribution is 2.32. The molecule has 0 atom stereocenters. The number of aromatic nitrogens is 3. The van der Waals surface area contributed by atoms with Gasteiger partial charge >= 0.3 is 6.18 Å². The first-order chi connectivity index (χ1) is 8.82. The van der Waals surface area contributed by atoms with Gasteiger partial charge in [0.1, 0.15) is 10.8 Å². The molecule has 102 valence electrons. The molecule has 0 radical (unpaired) electrons. The van der Waals surface area contributed by atoms with Gasteiger partial charge in [0.05, 0.1) is 10.6 Å². The summed E-state index contributed by atoms with van der Waals surface area (Å²) < 4.78 is 38.7. The van der Waals surface area contributed by atoms with Gasteiger partial charge in [0.15, 0.2) is 5.82 Å². The highest BCUT2D eigenvalue weighted by molar-refractivity contribution is 7.98. The van der Waals surface area contributed by atoms with Gasteiger partial charge in [0.25, 0.3) is 0 Å². The molecular weight excluding hydrogens is 301 g/mol. The second-order valence-electron chi connectivity index (χ2n) is 3.55. The topological polar surface area (TPSA) is 56.7 Å². The van der Waals surface area contributed by atoms with E-state index in [-0.39, 0.29) is 16.7 Å². The maximum absolute atomic E-state index is 12.5. The molecule has 19 heavy (non-hydrogen) atoms. The first-order valence-corrected chi connectivity index (χ1v) is 6.56. The highest BCUT2D eigenvalue weighted by Gasteiger charge is 2.31. The molecule has 0 saturated heterocycles. The third-order valence-electron chi connectivity index (χ3n) is 2.27. The summed E-state index contributed by atoms with van der Waals surface area (Å²) in [7, 11) is 0. The number of hydrogen-bond acceptors (Lipinski definition) is 4. The van der Waals surface area contributed by atoms with Crippen molar-refractivity contribution in [3.63, 3.8) is 0 Å². The summed E-state index contributed by atoms with van der Waals surface area (Å²) in [6, 6.07) is 2.38. The van der Waals surface area contributed by atoms with Gasteiger partial charge in [0, 0.05) is 12.3 Å². The third kappa shape index (κ3) is 2.79. The van der Waals surface area contributed by atoms with E-state index in [9.17, 15) is 13.2 Å². The zero-order chi connectivity index (χ0) is 14.2. The lowest BCUT2D eigenvalue weighted by atomic mass is 10.3. The minimum Gasteiger partial charge on any atom is -0.383 e. The van der Waals surface area contributed by atoms with E-state index in [1.165, 1.54) is 16.4 Å². The van der Waals surface area contributed by atoms with Crippen LogP contribution >= 0.6 is 23.4 Å². The number of rotatable bonds is 2. The number of thioether (sulfide) groups is 1. The molecule has 0 amide bonds. The molecule has 2 rings (SSSR count). The Bertz CT molecular complexity index is 611. The van der Waals surface area contributed by atoms with E-state index in [0.29, 0.717) is 11.2 Å². The smallest absolute Gasteiger partial charge is 0.383 e. The number of halogens is 4. The Hall–Kier alpha value is -1.41. The number of pyridine rings is 1. The minimum absolute atomic E-state index is 0.0625. The molecule has 0 fully saturated rings. The second kappa shape index (κ2) is 4.93. The van der Waals surface area contributed by atoms with E-state index < -0.39 is 11.7 Å². The van der Waals surface area contributed by atoms with Crippen LogP contribution in [-0.4, -0.2) is 21.0 Å². The Morgan fingerprint density at radius 3 is 2.53 bits per heavy atom. The first-order valence-electron chi connectivity index (χ1n) is 4.95. The number of hydrogen-bond donors (Lipinski definition) is 1. The zero-order valence-electron chi connectivity index (χ0n) is 9.57. The molecule has 0 aromatic carbocycles. The van der Waals surface area contributed by atoms with Crippen molar-refractivity contribution < 1.29 is 13.2 Å². The van der Waals surface area contributed by atoms with Crippen LogP contribution in [0.5, 0.6) is 0 Å². The van der Waals surface area contributed by atoms with E-state index in [1.807, 2.05) is 0 Å². The second-order valence-corrected chi connectivity index (χ2v) is 4.78. The van der Waals surface area contributed by atoms with Gasteiger partial charge in [-0.1, -0.05) is 11.6 Å². The Morgan fingerprint density at radius 1 is 1.37 bits per heavy atom. The molecule has 2 N–H and O–H groups in total. The van der Waals surface area contributed by atoms with Crippen molar-refractivity contribution in [3.8, 4) is 5.82 Å². The molecule has 2 aromatic rings. The standard InChI is InChI=1S/C10H8ClF3N4S/c1-19-8-3-7(15)18(17-8)9-6(11)2-5(4-16-9)10(12,13)14/h2-4H,15H2,1H3. The van der Waals surface area contributed by atoms with E-state index >= 15 is 0 Å². The van der Waals surface area contributed by atoms with Crippen LogP contribution in [0.2, 0.25) is 5.02 Å². The maximum Gasteiger partial charge on any atom is 0.417 e. The summed E-state index contributed by atoms with van der Waals surface area (Å²) in [6.07, 6.45) is -2.00. The molecule has 0 unspecified atom stereocenters. The number of nitrogen functional groups attached to an aromatic ring is 1. The molecule has 2 aromatic heterocycles. The average Bonchev–Trinajstić information content (AvgIpc) is 2.69. The Labute approximate surface area is 115 Å². The van der Waals surface area contributed by atoms with Crippen molar-refractivity contribution in [2.24, 2.45) is 0 Å². The van der Waals surface area contributed by atoms with Crippen LogP contribution in [0.15, 0.2) is 23.4 Å². The summed E-state index contributed by atoms with van der Waals surface area (Å²) in [6.45, 7) is 0.